The number of rotatable bonds is 3. The highest BCUT2D eigenvalue weighted by Crippen LogP contribution is 2.06. The Hall–Kier alpha value is -1.26. The van der Waals surface area contributed by atoms with Crippen LogP contribution < -0.4 is 5.32 Å². The Bertz CT molecular complexity index is 232. The van der Waals surface area contributed by atoms with E-state index in [0.717, 1.165) is 0 Å². The smallest absolute Gasteiger partial charge is 0.407 e. The number of carbonyl (C=O) groups is 2. The average molecular weight is 217 g/mol. The summed E-state index contributed by atoms with van der Waals surface area (Å²) in [5, 5.41) is 2.55. The highest BCUT2D eigenvalue weighted by molar-refractivity contribution is 5.68. The minimum Gasteiger partial charge on any atom is -0.464 e. The van der Waals surface area contributed by atoms with Crippen LogP contribution in [0.1, 0.15) is 34.6 Å². The molecule has 5 heteroatoms. The summed E-state index contributed by atoms with van der Waals surface area (Å²) in [5.41, 5.74) is -0.523. The lowest BCUT2D eigenvalue weighted by molar-refractivity contribution is -0.141. The predicted molar refractivity (Wildman–Crippen MR) is 55.5 cm³/mol. The lowest BCUT2D eigenvalue weighted by atomic mass is 10.2. The minimum atomic E-state index is -0.523. The van der Waals surface area contributed by atoms with Crippen molar-refractivity contribution in [3.8, 4) is 0 Å². The van der Waals surface area contributed by atoms with Gasteiger partial charge in [-0.3, -0.25) is 4.79 Å². The molecule has 0 aromatic heterocycles. The van der Waals surface area contributed by atoms with E-state index in [4.69, 9.17) is 9.47 Å². The largest absolute Gasteiger partial charge is 0.464 e. The van der Waals surface area contributed by atoms with Crippen LogP contribution in [0.4, 0.5) is 4.79 Å². The maximum atomic E-state index is 11.2. The van der Waals surface area contributed by atoms with Gasteiger partial charge in [0.2, 0.25) is 0 Å². The van der Waals surface area contributed by atoms with Gasteiger partial charge >= 0.3 is 12.1 Å². The van der Waals surface area contributed by atoms with Crippen LogP contribution in [-0.4, -0.2) is 30.3 Å². The lowest BCUT2D eigenvalue weighted by Crippen LogP contribution is -2.40. The van der Waals surface area contributed by atoms with Gasteiger partial charge in [-0.1, -0.05) is 0 Å². The summed E-state index contributed by atoms with van der Waals surface area (Å²) >= 11 is 0. The van der Waals surface area contributed by atoms with Gasteiger partial charge in [0.25, 0.3) is 0 Å². The minimum absolute atomic E-state index is 0.147. The monoisotopic (exact) mass is 217 g/mol. The molecule has 0 bridgehead atoms. The van der Waals surface area contributed by atoms with E-state index >= 15 is 0 Å². The summed E-state index contributed by atoms with van der Waals surface area (Å²) in [6, 6.07) is -0.260. The normalized spacial score (nSPS) is 12.9. The zero-order chi connectivity index (χ0) is 12.1. The number of ether oxygens (including phenoxy) is 2. The molecule has 15 heavy (non-hydrogen) atoms. The van der Waals surface area contributed by atoms with Gasteiger partial charge in [-0.05, 0) is 27.7 Å². The van der Waals surface area contributed by atoms with Crippen LogP contribution in [0.3, 0.4) is 0 Å². The van der Waals surface area contributed by atoms with E-state index in [9.17, 15) is 9.59 Å². The fourth-order valence-corrected chi connectivity index (χ4v) is 0.793. The molecule has 0 rings (SSSR count). The molecule has 0 saturated carbocycles. The SMILES string of the molecule is CC(=O)OCC(C)NC(=O)OC(C)(C)C. The molecule has 0 saturated heterocycles. The van der Waals surface area contributed by atoms with Gasteiger partial charge in [0, 0.05) is 6.92 Å². The molecule has 0 heterocycles. The molecule has 0 aromatic rings. The van der Waals surface area contributed by atoms with Gasteiger partial charge in [-0.25, -0.2) is 4.79 Å². The van der Waals surface area contributed by atoms with Gasteiger partial charge in [-0.15, -0.1) is 0 Å². The predicted octanol–water partition coefficient (Wildman–Crippen LogP) is 1.46. The van der Waals surface area contributed by atoms with Crippen LogP contribution in [0, 0.1) is 0 Å². The fraction of sp³-hybridized carbons (Fsp3) is 0.800. The molecule has 0 aromatic carbocycles. The molecular formula is C10H19NO4. The number of alkyl carbamates (subject to hydrolysis) is 1. The molecule has 1 amide bonds. The van der Waals surface area contributed by atoms with Crippen LogP contribution in [0.2, 0.25) is 0 Å². The topological polar surface area (TPSA) is 64.6 Å². The van der Waals surface area contributed by atoms with Crippen molar-refractivity contribution in [3.05, 3.63) is 0 Å². The first-order valence-electron chi connectivity index (χ1n) is 4.83. The Labute approximate surface area is 90.1 Å². The summed E-state index contributed by atoms with van der Waals surface area (Å²) in [5.74, 6) is -0.368. The molecule has 88 valence electrons. The number of nitrogens with one attached hydrogen (secondary N) is 1. The average Bonchev–Trinajstić information content (AvgIpc) is 1.96. The molecule has 0 radical (unpaired) electrons. The molecule has 0 spiro atoms. The zero-order valence-corrected chi connectivity index (χ0v) is 9.92. The van der Waals surface area contributed by atoms with E-state index < -0.39 is 11.7 Å². The third-order valence-corrected chi connectivity index (χ3v) is 1.30. The maximum absolute atomic E-state index is 11.2. The Kier molecular flexibility index (Phi) is 5.11. The zero-order valence-electron chi connectivity index (χ0n) is 9.92. The number of hydrogen-bond acceptors (Lipinski definition) is 4. The van der Waals surface area contributed by atoms with Crippen molar-refractivity contribution in [3.63, 3.8) is 0 Å². The van der Waals surface area contributed by atoms with Gasteiger partial charge in [0.05, 0.1) is 6.04 Å². The second kappa shape index (κ2) is 5.58. The standard InChI is InChI=1S/C10H19NO4/c1-7(6-14-8(2)12)11-9(13)15-10(3,4)5/h7H,6H2,1-5H3,(H,11,13). The number of carbonyl (C=O) groups excluding carboxylic acids is 2. The molecule has 0 fully saturated rings. The Morgan fingerprint density at radius 2 is 1.87 bits per heavy atom. The Morgan fingerprint density at radius 3 is 2.27 bits per heavy atom. The van der Waals surface area contributed by atoms with Crippen molar-refractivity contribution in [1.29, 1.82) is 0 Å². The number of amides is 1. The molecule has 0 aliphatic carbocycles. The van der Waals surface area contributed by atoms with Gasteiger partial charge < -0.3 is 14.8 Å². The number of esters is 1. The van der Waals surface area contributed by atoms with E-state index in [2.05, 4.69) is 5.32 Å². The van der Waals surface area contributed by atoms with E-state index in [1.807, 2.05) is 0 Å². The van der Waals surface area contributed by atoms with Crippen molar-refractivity contribution < 1.29 is 19.1 Å². The molecule has 5 nitrogen and oxygen atoms in total. The van der Waals surface area contributed by atoms with E-state index in [1.165, 1.54) is 6.92 Å². The van der Waals surface area contributed by atoms with Crippen LogP contribution in [0.15, 0.2) is 0 Å². The van der Waals surface area contributed by atoms with Crippen LogP contribution in [0.5, 0.6) is 0 Å². The summed E-state index contributed by atoms with van der Waals surface area (Å²) in [4.78, 5) is 21.7. The number of hydrogen-bond donors (Lipinski definition) is 1. The van der Waals surface area contributed by atoms with E-state index in [0.29, 0.717) is 0 Å². The molecule has 0 aliphatic rings. The van der Waals surface area contributed by atoms with Gasteiger partial charge in [0.1, 0.15) is 12.2 Å². The molecule has 1 unspecified atom stereocenters. The molecule has 1 atom stereocenters. The van der Waals surface area contributed by atoms with Crippen molar-refractivity contribution in [1.82, 2.24) is 5.32 Å². The first-order chi connectivity index (χ1) is 6.70. The van der Waals surface area contributed by atoms with Crippen molar-refractivity contribution in [2.45, 2.75) is 46.3 Å². The third-order valence-electron chi connectivity index (χ3n) is 1.30. The summed E-state index contributed by atoms with van der Waals surface area (Å²) in [7, 11) is 0. The quantitative estimate of drug-likeness (QED) is 0.727. The molecule has 0 aliphatic heterocycles. The van der Waals surface area contributed by atoms with E-state index in [-0.39, 0.29) is 18.6 Å². The lowest BCUT2D eigenvalue weighted by Gasteiger charge is -2.21. The Morgan fingerprint density at radius 1 is 1.33 bits per heavy atom. The first kappa shape index (κ1) is 13.7. The summed E-state index contributed by atoms with van der Waals surface area (Å²) < 4.78 is 9.75. The summed E-state index contributed by atoms with van der Waals surface area (Å²) in [6.45, 7) is 8.54. The second-order valence-electron chi connectivity index (χ2n) is 4.35. The van der Waals surface area contributed by atoms with Crippen LogP contribution in [0.25, 0.3) is 0 Å². The molecular weight excluding hydrogens is 198 g/mol. The van der Waals surface area contributed by atoms with Crippen LogP contribution in [-0.2, 0) is 14.3 Å². The first-order valence-corrected chi connectivity index (χ1v) is 4.83. The highest BCUT2D eigenvalue weighted by Gasteiger charge is 2.17. The van der Waals surface area contributed by atoms with Crippen LogP contribution >= 0.6 is 0 Å². The highest BCUT2D eigenvalue weighted by atomic mass is 16.6. The Balaban J connectivity index is 3.81. The third kappa shape index (κ3) is 9.05. The van der Waals surface area contributed by atoms with Gasteiger partial charge in [0.15, 0.2) is 0 Å². The van der Waals surface area contributed by atoms with Crippen molar-refractivity contribution in [2.24, 2.45) is 0 Å². The van der Waals surface area contributed by atoms with Crippen molar-refractivity contribution >= 4 is 12.1 Å². The van der Waals surface area contributed by atoms with Gasteiger partial charge in [-0.2, -0.15) is 0 Å². The fourth-order valence-electron chi connectivity index (χ4n) is 0.793. The maximum Gasteiger partial charge on any atom is 0.407 e. The second-order valence-corrected chi connectivity index (χ2v) is 4.35. The van der Waals surface area contributed by atoms with Crippen molar-refractivity contribution in [2.75, 3.05) is 6.61 Å². The summed E-state index contributed by atoms with van der Waals surface area (Å²) in [6.07, 6.45) is -0.512. The van der Waals surface area contributed by atoms with E-state index in [1.54, 1.807) is 27.7 Å². The molecule has 1 N–H and O–H groups in total.